The number of aliphatic hydroxyl groups excluding tert-OH is 2. The van der Waals surface area contributed by atoms with Crippen molar-refractivity contribution in [2.45, 2.75) is 213 Å². The SMILES string of the molecule is CCCCCCCCC=CCCCCCCCC(=O)O/C(=C/CCCCCCCCCCCCCCCCC)C(O)CO. The monoisotopic (exact) mass is 607 g/mol. The van der Waals surface area contributed by atoms with Crippen molar-refractivity contribution in [3.8, 4) is 0 Å². The van der Waals surface area contributed by atoms with Gasteiger partial charge < -0.3 is 14.9 Å². The Kier molecular flexibility index (Phi) is 34.4. The molecule has 0 spiro atoms. The molecule has 0 aromatic rings. The van der Waals surface area contributed by atoms with E-state index in [9.17, 15) is 15.0 Å². The average Bonchev–Trinajstić information content (AvgIpc) is 3.01. The van der Waals surface area contributed by atoms with Crippen molar-refractivity contribution in [3.63, 3.8) is 0 Å². The quantitative estimate of drug-likeness (QED) is 0.0331. The fourth-order valence-corrected chi connectivity index (χ4v) is 5.62. The van der Waals surface area contributed by atoms with E-state index >= 15 is 0 Å². The molecule has 0 aliphatic heterocycles. The lowest BCUT2D eigenvalue weighted by molar-refractivity contribution is -0.141. The molecular weight excluding hydrogens is 532 g/mol. The summed E-state index contributed by atoms with van der Waals surface area (Å²) in [4.78, 5) is 12.3. The molecule has 0 aromatic heterocycles. The molecule has 0 heterocycles. The molecule has 1 unspecified atom stereocenters. The minimum atomic E-state index is -1.12. The van der Waals surface area contributed by atoms with Crippen LogP contribution in [0, 0.1) is 0 Å². The second kappa shape index (κ2) is 35.4. The van der Waals surface area contributed by atoms with Gasteiger partial charge in [0.2, 0.25) is 0 Å². The number of hydrogen-bond acceptors (Lipinski definition) is 4. The summed E-state index contributed by atoms with van der Waals surface area (Å²) < 4.78 is 5.45. The average molecular weight is 607 g/mol. The number of aliphatic hydroxyl groups is 2. The zero-order valence-electron chi connectivity index (χ0n) is 28.9. The molecule has 2 N–H and O–H groups in total. The fraction of sp³-hybridized carbons (Fsp3) is 0.872. The second-order valence-corrected chi connectivity index (χ2v) is 12.9. The van der Waals surface area contributed by atoms with Crippen molar-refractivity contribution in [2.24, 2.45) is 0 Å². The first-order chi connectivity index (χ1) is 21.2. The highest BCUT2D eigenvalue weighted by molar-refractivity contribution is 5.70. The molecule has 0 fully saturated rings. The summed E-state index contributed by atoms with van der Waals surface area (Å²) in [5.74, 6) is -0.0709. The topological polar surface area (TPSA) is 66.8 Å². The third-order valence-corrected chi connectivity index (χ3v) is 8.53. The van der Waals surface area contributed by atoms with Gasteiger partial charge in [-0.3, -0.25) is 4.79 Å². The molecule has 0 saturated heterocycles. The van der Waals surface area contributed by atoms with E-state index in [1.807, 2.05) is 0 Å². The van der Waals surface area contributed by atoms with Crippen LogP contribution in [0.2, 0.25) is 0 Å². The van der Waals surface area contributed by atoms with E-state index in [1.165, 1.54) is 141 Å². The van der Waals surface area contributed by atoms with Crippen LogP contribution in [-0.2, 0) is 9.53 Å². The first-order valence-electron chi connectivity index (χ1n) is 19.0. The predicted molar refractivity (Wildman–Crippen MR) is 186 cm³/mol. The molecular formula is C39H74O4. The molecule has 0 aromatic carbocycles. The van der Waals surface area contributed by atoms with E-state index in [1.54, 1.807) is 6.08 Å². The van der Waals surface area contributed by atoms with Crippen LogP contribution in [-0.4, -0.2) is 28.9 Å². The Bertz CT molecular complexity index is 627. The summed E-state index contributed by atoms with van der Waals surface area (Å²) in [5.41, 5.74) is 0. The van der Waals surface area contributed by atoms with Crippen LogP contribution >= 0.6 is 0 Å². The van der Waals surface area contributed by atoms with Crippen LogP contribution in [0.25, 0.3) is 0 Å². The largest absolute Gasteiger partial charge is 0.428 e. The number of esters is 1. The normalized spacial score (nSPS) is 12.8. The van der Waals surface area contributed by atoms with Crippen molar-refractivity contribution in [1.82, 2.24) is 0 Å². The van der Waals surface area contributed by atoms with Crippen LogP contribution < -0.4 is 0 Å². The number of hydrogen-bond donors (Lipinski definition) is 2. The van der Waals surface area contributed by atoms with Gasteiger partial charge in [-0.2, -0.15) is 0 Å². The number of allylic oxidation sites excluding steroid dienone is 3. The van der Waals surface area contributed by atoms with Crippen LogP contribution in [0.4, 0.5) is 0 Å². The second-order valence-electron chi connectivity index (χ2n) is 12.9. The van der Waals surface area contributed by atoms with Crippen molar-refractivity contribution in [1.29, 1.82) is 0 Å². The van der Waals surface area contributed by atoms with Gasteiger partial charge in [0.1, 0.15) is 11.9 Å². The minimum absolute atomic E-state index is 0.227. The minimum Gasteiger partial charge on any atom is -0.428 e. The Morgan fingerprint density at radius 2 is 0.884 bits per heavy atom. The van der Waals surface area contributed by atoms with Gasteiger partial charge in [-0.15, -0.1) is 0 Å². The smallest absolute Gasteiger partial charge is 0.310 e. The van der Waals surface area contributed by atoms with Gasteiger partial charge in [-0.1, -0.05) is 167 Å². The van der Waals surface area contributed by atoms with Gasteiger partial charge in [0.15, 0.2) is 0 Å². The van der Waals surface area contributed by atoms with Crippen LogP contribution in [0.15, 0.2) is 24.0 Å². The highest BCUT2D eigenvalue weighted by Gasteiger charge is 2.15. The van der Waals surface area contributed by atoms with E-state index in [4.69, 9.17) is 4.74 Å². The molecule has 0 saturated carbocycles. The van der Waals surface area contributed by atoms with Gasteiger partial charge in [-0.25, -0.2) is 0 Å². The van der Waals surface area contributed by atoms with Crippen molar-refractivity contribution < 1.29 is 19.7 Å². The fourth-order valence-electron chi connectivity index (χ4n) is 5.62. The van der Waals surface area contributed by atoms with E-state index in [-0.39, 0.29) is 11.7 Å². The maximum absolute atomic E-state index is 12.3. The molecule has 1 atom stereocenters. The van der Waals surface area contributed by atoms with Gasteiger partial charge in [0.25, 0.3) is 0 Å². The first kappa shape index (κ1) is 41.9. The molecule has 43 heavy (non-hydrogen) atoms. The molecule has 0 amide bonds. The van der Waals surface area contributed by atoms with Gasteiger partial charge in [0, 0.05) is 6.42 Å². The van der Waals surface area contributed by atoms with E-state index in [0.717, 1.165) is 44.9 Å². The zero-order chi connectivity index (χ0) is 31.5. The van der Waals surface area contributed by atoms with Crippen molar-refractivity contribution in [3.05, 3.63) is 24.0 Å². The lowest BCUT2D eigenvalue weighted by Gasteiger charge is -2.13. The van der Waals surface area contributed by atoms with Crippen LogP contribution in [0.3, 0.4) is 0 Å². The maximum atomic E-state index is 12.3. The molecule has 0 rings (SSSR count). The Balaban J connectivity index is 3.73. The predicted octanol–water partition coefficient (Wildman–Crippen LogP) is 12.1. The third kappa shape index (κ3) is 32.1. The van der Waals surface area contributed by atoms with E-state index in [0.29, 0.717) is 6.42 Å². The van der Waals surface area contributed by atoms with Gasteiger partial charge >= 0.3 is 5.97 Å². The summed E-state index contributed by atoms with van der Waals surface area (Å²) in [7, 11) is 0. The lowest BCUT2D eigenvalue weighted by atomic mass is 10.0. The lowest BCUT2D eigenvalue weighted by Crippen LogP contribution is -2.20. The Morgan fingerprint density at radius 3 is 1.28 bits per heavy atom. The summed E-state index contributed by atoms with van der Waals surface area (Å²) in [5, 5.41) is 19.5. The Morgan fingerprint density at radius 1 is 0.535 bits per heavy atom. The number of unbranched alkanes of at least 4 members (excludes halogenated alkanes) is 26. The maximum Gasteiger partial charge on any atom is 0.310 e. The summed E-state index contributed by atoms with van der Waals surface area (Å²) in [6, 6.07) is 0. The first-order valence-corrected chi connectivity index (χ1v) is 19.0. The number of rotatable bonds is 34. The summed E-state index contributed by atoms with van der Waals surface area (Å²) >= 11 is 0. The number of carbonyl (C=O) groups excluding carboxylic acids is 1. The highest BCUT2D eigenvalue weighted by atomic mass is 16.5. The van der Waals surface area contributed by atoms with E-state index < -0.39 is 12.7 Å². The molecule has 254 valence electrons. The van der Waals surface area contributed by atoms with Crippen LogP contribution in [0.5, 0.6) is 0 Å². The molecule has 4 heteroatoms. The van der Waals surface area contributed by atoms with Gasteiger partial charge in [0.05, 0.1) is 6.61 Å². The molecule has 0 bridgehead atoms. The van der Waals surface area contributed by atoms with Crippen molar-refractivity contribution >= 4 is 5.97 Å². The number of carbonyl (C=O) groups is 1. The van der Waals surface area contributed by atoms with Crippen LogP contribution in [0.1, 0.15) is 206 Å². The molecule has 0 aliphatic rings. The van der Waals surface area contributed by atoms with E-state index in [2.05, 4.69) is 26.0 Å². The standard InChI is InChI=1S/C39H74O4/c1-3-5-7-9-11-13-15-17-19-21-22-24-26-28-30-32-34-38(37(41)36-40)43-39(42)35-33-31-29-27-25-23-20-18-16-14-12-10-8-6-4-2/h18,20,34,37,40-41H,3-17,19,21-33,35-36H2,1-2H3/b20-18?,38-34+. The molecule has 0 aliphatic carbocycles. The summed E-state index contributed by atoms with van der Waals surface area (Å²) in [6.45, 7) is 4.11. The third-order valence-electron chi connectivity index (χ3n) is 8.53. The van der Waals surface area contributed by atoms with Crippen molar-refractivity contribution in [2.75, 3.05) is 6.61 Å². The zero-order valence-corrected chi connectivity index (χ0v) is 28.9. The Hall–Kier alpha value is -1.13. The Labute approximate surface area is 268 Å². The number of ether oxygens (including phenoxy) is 1. The molecule has 0 radical (unpaired) electrons. The molecule has 4 nitrogen and oxygen atoms in total. The summed E-state index contributed by atoms with van der Waals surface area (Å²) in [6.07, 6.45) is 42.4. The van der Waals surface area contributed by atoms with Gasteiger partial charge in [-0.05, 0) is 51.0 Å². The highest BCUT2D eigenvalue weighted by Crippen LogP contribution is 2.16.